The van der Waals surface area contributed by atoms with Gasteiger partial charge in [0.25, 0.3) is 5.91 Å². The number of aromatic hydroxyl groups is 1. The fourth-order valence-corrected chi connectivity index (χ4v) is 2.63. The maximum absolute atomic E-state index is 12.2. The largest absolute Gasteiger partial charge is 0.508 e. The van der Waals surface area contributed by atoms with E-state index < -0.39 is 0 Å². The summed E-state index contributed by atoms with van der Waals surface area (Å²) in [5, 5.41) is 16.5. The molecule has 0 saturated carbocycles. The lowest BCUT2D eigenvalue weighted by Crippen LogP contribution is -2.25. The van der Waals surface area contributed by atoms with Gasteiger partial charge in [-0.1, -0.05) is 12.1 Å². The molecule has 0 unspecified atom stereocenters. The van der Waals surface area contributed by atoms with Crippen molar-refractivity contribution in [2.45, 2.75) is 6.42 Å². The SMILES string of the molecule is O=C(NCCc1cccc(O)c1)c1ccc(-n2cc(Br)cn2)cc1. The molecule has 3 aromatic rings. The van der Waals surface area contributed by atoms with Gasteiger partial charge < -0.3 is 10.4 Å². The molecule has 1 aromatic heterocycles. The van der Waals surface area contributed by atoms with Crippen LogP contribution in [0.15, 0.2) is 65.4 Å². The van der Waals surface area contributed by atoms with Crippen molar-refractivity contribution < 1.29 is 9.90 Å². The predicted octanol–water partition coefficient (Wildman–Crippen LogP) is 3.31. The van der Waals surface area contributed by atoms with Crippen LogP contribution in [0.3, 0.4) is 0 Å². The summed E-state index contributed by atoms with van der Waals surface area (Å²) in [6.45, 7) is 0.510. The normalized spacial score (nSPS) is 10.5. The second-order valence-corrected chi connectivity index (χ2v) is 6.24. The Kier molecular flexibility index (Phi) is 4.96. The maximum atomic E-state index is 12.2. The van der Waals surface area contributed by atoms with Gasteiger partial charge >= 0.3 is 0 Å². The number of benzene rings is 2. The molecule has 0 spiro atoms. The van der Waals surface area contributed by atoms with Gasteiger partial charge in [0.2, 0.25) is 0 Å². The van der Waals surface area contributed by atoms with E-state index in [0.717, 1.165) is 15.7 Å². The van der Waals surface area contributed by atoms with E-state index in [1.807, 2.05) is 24.4 Å². The lowest BCUT2D eigenvalue weighted by molar-refractivity contribution is 0.0954. The molecule has 0 aliphatic heterocycles. The second kappa shape index (κ2) is 7.31. The first-order valence-corrected chi connectivity index (χ1v) is 8.28. The Balaban J connectivity index is 1.57. The van der Waals surface area contributed by atoms with Crippen LogP contribution in [0.4, 0.5) is 0 Å². The smallest absolute Gasteiger partial charge is 0.251 e. The third-order valence-corrected chi connectivity index (χ3v) is 3.96. The summed E-state index contributed by atoms with van der Waals surface area (Å²) in [4.78, 5) is 12.2. The zero-order valence-corrected chi connectivity index (χ0v) is 14.4. The summed E-state index contributed by atoms with van der Waals surface area (Å²) in [5.74, 6) is 0.114. The molecule has 24 heavy (non-hydrogen) atoms. The number of rotatable bonds is 5. The third-order valence-electron chi connectivity index (χ3n) is 3.55. The fourth-order valence-electron chi connectivity index (χ4n) is 2.34. The van der Waals surface area contributed by atoms with Crippen molar-refractivity contribution in [1.29, 1.82) is 0 Å². The van der Waals surface area contributed by atoms with Gasteiger partial charge in [-0.3, -0.25) is 4.79 Å². The number of nitrogens with one attached hydrogen (secondary N) is 1. The summed E-state index contributed by atoms with van der Waals surface area (Å²) < 4.78 is 2.63. The van der Waals surface area contributed by atoms with Gasteiger partial charge in [-0.2, -0.15) is 5.10 Å². The Bertz CT molecular complexity index is 843. The molecular weight excluding hydrogens is 370 g/mol. The van der Waals surface area contributed by atoms with E-state index in [1.54, 1.807) is 41.2 Å². The Labute approximate surface area is 148 Å². The van der Waals surface area contributed by atoms with Gasteiger partial charge in [-0.15, -0.1) is 0 Å². The van der Waals surface area contributed by atoms with Crippen molar-refractivity contribution in [3.05, 3.63) is 76.5 Å². The van der Waals surface area contributed by atoms with E-state index in [2.05, 4.69) is 26.3 Å². The van der Waals surface area contributed by atoms with Gasteiger partial charge in [0.1, 0.15) is 5.75 Å². The molecule has 0 aliphatic carbocycles. The highest BCUT2D eigenvalue weighted by molar-refractivity contribution is 9.10. The summed E-state index contributed by atoms with van der Waals surface area (Å²) in [5.41, 5.74) is 2.47. The van der Waals surface area contributed by atoms with Crippen molar-refractivity contribution in [2.75, 3.05) is 6.54 Å². The van der Waals surface area contributed by atoms with E-state index in [0.29, 0.717) is 18.5 Å². The number of phenolic OH excluding ortho intramolecular Hbond substituents is 1. The molecule has 6 heteroatoms. The molecule has 0 fully saturated rings. The van der Waals surface area contributed by atoms with Crippen LogP contribution in [-0.2, 0) is 6.42 Å². The summed E-state index contributed by atoms with van der Waals surface area (Å²) in [7, 11) is 0. The van der Waals surface area contributed by atoms with Gasteiger partial charge in [0.05, 0.1) is 16.4 Å². The number of phenols is 1. The first-order chi connectivity index (χ1) is 11.6. The molecule has 3 rings (SSSR count). The molecule has 1 heterocycles. The number of nitrogens with zero attached hydrogens (tertiary/aromatic N) is 2. The first-order valence-electron chi connectivity index (χ1n) is 7.48. The van der Waals surface area contributed by atoms with Gasteiger partial charge in [-0.25, -0.2) is 4.68 Å². The highest BCUT2D eigenvalue weighted by Crippen LogP contribution is 2.14. The van der Waals surface area contributed by atoms with Crippen molar-refractivity contribution >= 4 is 21.8 Å². The highest BCUT2D eigenvalue weighted by atomic mass is 79.9. The molecule has 2 N–H and O–H groups in total. The quantitative estimate of drug-likeness (QED) is 0.707. The average molecular weight is 386 g/mol. The molecule has 0 radical (unpaired) electrons. The predicted molar refractivity (Wildman–Crippen MR) is 95.4 cm³/mol. The molecule has 0 aliphatic rings. The van der Waals surface area contributed by atoms with Crippen LogP contribution in [0.2, 0.25) is 0 Å². The standard InChI is InChI=1S/C18H16BrN3O2/c19-15-11-21-22(12-15)16-6-4-14(5-7-16)18(24)20-9-8-13-2-1-3-17(23)10-13/h1-7,10-12,23H,8-9H2,(H,20,24). The number of halogens is 1. The lowest BCUT2D eigenvalue weighted by atomic mass is 10.1. The molecule has 5 nitrogen and oxygen atoms in total. The van der Waals surface area contributed by atoms with E-state index in [1.165, 1.54) is 0 Å². The van der Waals surface area contributed by atoms with Crippen molar-refractivity contribution in [2.24, 2.45) is 0 Å². The number of aromatic nitrogens is 2. The van der Waals surface area contributed by atoms with Crippen molar-refractivity contribution in [1.82, 2.24) is 15.1 Å². The van der Waals surface area contributed by atoms with Crippen LogP contribution in [0, 0.1) is 0 Å². The summed E-state index contributed by atoms with van der Waals surface area (Å²) in [6.07, 6.45) is 4.23. The molecule has 122 valence electrons. The van der Waals surface area contributed by atoms with E-state index in [9.17, 15) is 9.90 Å². The van der Waals surface area contributed by atoms with Crippen LogP contribution in [-0.4, -0.2) is 27.3 Å². The summed E-state index contributed by atoms with van der Waals surface area (Å²) >= 11 is 3.36. The van der Waals surface area contributed by atoms with E-state index in [-0.39, 0.29) is 11.7 Å². The first kappa shape index (κ1) is 16.3. The average Bonchev–Trinajstić information content (AvgIpc) is 3.01. The number of amides is 1. The van der Waals surface area contributed by atoms with Gasteiger partial charge in [0.15, 0.2) is 0 Å². The molecular formula is C18H16BrN3O2. The highest BCUT2D eigenvalue weighted by Gasteiger charge is 2.06. The van der Waals surface area contributed by atoms with Crippen LogP contribution in [0.1, 0.15) is 15.9 Å². The number of hydrogen-bond acceptors (Lipinski definition) is 3. The number of carbonyl (C=O) groups excluding carboxylic acids is 1. The van der Waals surface area contributed by atoms with Crippen LogP contribution >= 0.6 is 15.9 Å². The second-order valence-electron chi connectivity index (χ2n) is 5.33. The van der Waals surface area contributed by atoms with E-state index >= 15 is 0 Å². The minimum absolute atomic E-state index is 0.122. The number of carbonyl (C=O) groups is 1. The molecule has 0 atom stereocenters. The lowest BCUT2D eigenvalue weighted by Gasteiger charge is -2.07. The van der Waals surface area contributed by atoms with Crippen molar-refractivity contribution in [3.63, 3.8) is 0 Å². The Morgan fingerprint density at radius 1 is 1.21 bits per heavy atom. The molecule has 0 saturated heterocycles. The van der Waals surface area contributed by atoms with Crippen molar-refractivity contribution in [3.8, 4) is 11.4 Å². The maximum Gasteiger partial charge on any atom is 0.251 e. The zero-order chi connectivity index (χ0) is 16.9. The minimum Gasteiger partial charge on any atom is -0.508 e. The Morgan fingerprint density at radius 2 is 2.00 bits per heavy atom. The van der Waals surface area contributed by atoms with Gasteiger partial charge in [0, 0.05) is 18.3 Å². The fraction of sp³-hybridized carbons (Fsp3) is 0.111. The minimum atomic E-state index is -0.122. The molecule has 0 bridgehead atoms. The van der Waals surface area contributed by atoms with Crippen LogP contribution < -0.4 is 5.32 Å². The van der Waals surface area contributed by atoms with E-state index in [4.69, 9.17) is 0 Å². The molecule has 2 aromatic carbocycles. The van der Waals surface area contributed by atoms with Crippen LogP contribution in [0.5, 0.6) is 5.75 Å². The number of hydrogen-bond donors (Lipinski definition) is 2. The Morgan fingerprint density at radius 3 is 2.67 bits per heavy atom. The van der Waals surface area contributed by atoms with Crippen LogP contribution in [0.25, 0.3) is 5.69 Å². The monoisotopic (exact) mass is 385 g/mol. The zero-order valence-electron chi connectivity index (χ0n) is 12.8. The Hall–Kier alpha value is -2.60. The topological polar surface area (TPSA) is 67.2 Å². The third kappa shape index (κ3) is 4.02. The molecule has 1 amide bonds. The summed E-state index contributed by atoms with van der Waals surface area (Å²) in [6, 6.07) is 14.3. The van der Waals surface area contributed by atoms with Gasteiger partial charge in [-0.05, 0) is 64.3 Å².